The van der Waals surface area contributed by atoms with Crippen molar-refractivity contribution in [2.24, 2.45) is 0 Å². The number of carbonyl (C=O) groups excluding carboxylic acids is 2. The van der Waals surface area contributed by atoms with Crippen LogP contribution in [0.1, 0.15) is 37.7 Å². The first-order chi connectivity index (χ1) is 14.6. The van der Waals surface area contributed by atoms with E-state index in [-0.39, 0.29) is 23.8 Å². The molecule has 5 nitrogen and oxygen atoms in total. The largest absolute Gasteiger partial charge is 0.353 e. The first kappa shape index (κ1) is 22.0. The van der Waals surface area contributed by atoms with Gasteiger partial charge < -0.3 is 10.2 Å². The standard InChI is InChI=1S/C25H33N3O2/c1-3-13-25(14-4-2)15-9-18-28(25)23(29)20-22-24(30)26-16-19-27(22)17-8-12-21-10-6-5-7-11-21/h3-8,10-12,22H,1-2,9,13-20H2,(H,26,30)/b12-8+. The number of hydrogen-bond donors (Lipinski definition) is 1. The van der Waals surface area contributed by atoms with Crippen LogP contribution in [0.4, 0.5) is 0 Å². The molecule has 0 aliphatic carbocycles. The highest BCUT2D eigenvalue weighted by Crippen LogP contribution is 2.37. The quantitative estimate of drug-likeness (QED) is 0.639. The van der Waals surface area contributed by atoms with Crippen LogP contribution >= 0.6 is 0 Å². The van der Waals surface area contributed by atoms with Crippen LogP contribution in [0.3, 0.4) is 0 Å². The smallest absolute Gasteiger partial charge is 0.237 e. The van der Waals surface area contributed by atoms with Gasteiger partial charge in [0.15, 0.2) is 0 Å². The van der Waals surface area contributed by atoms with Crippen LogP contribution in [-0.2, 0) is 9.59 Å². The van der Waals surface area contributed by atoms with Gasteiger partial charge in [0.1, 0.15) is 0 Å². The van der Waals surface area contributed by atoms with Gasteiger partial charge in [-0.05, 0) is 31.2 Å². The molecule has 2 aliphatic heterocycles. The molecule has 1 N–H and O–H groups in total. The zero-order chi connectivity index (χ0) is 21.4. The Morgan fingerprint density at radius 1 is 1.17 bits per heavy atom. The normalized spacial score (nSPS) is 21.5. The van der Waals surface area contributed by atoms with Crippen molar-refractivity contribution in [2.45, 2.75) is 43.7 Å². The molecule has 0 aromatic heterocycles. The van der Waals surface area contributed by atoms with E-state index in [0.29, 0.717) is 13.1 Å². The Labute approximate surface area is 180 Å². The lowest BCUT2D eigenvalue weighted by Gasteiger charge is -2.40. The number of carbonyl (C=O) groups is 2. The van der Waals surface area contributed by atoms with E-state index in [1.165, 1.54) is 0 Å². The number of nitrogens with zero attached hydrogens (tertiary/aromatic N) is 2. The average molecular weight is 408 g/mol. The van der Waals surface area contributed by atoms with Crippen molar-refractivity contribution >= 4 is 17.9 Å². The summed E-state index contributed by atoms with van der Waals surface area (Å²) in [6, 6.07) is 9.66. The predicted molar refractivity (Wildman–Crippen MR) is 122 cm³/mol. The van der Waals surface area contributed by atoms with E-state index in [0.717, 1.165) is 44.3 Å². The van der Waals surface area contributed by atoms with E-state index in [1.807, 2.05) is 47.4 Å². The summed E-state index contributed by atoms with van der Waals surface area (Å²) in [5.74, 6) is -0.00441. The van der Waals surface area contributed by atoms with Crippen LogP contribution in [0.15, 0.2) is 61.7 Å². The van der Waals surface area contributed by atoms with Gasteiger partial charge >= 0.3 is 0 Å². The van der Waals surface area contributed by atoms with Crippen molar-refractivity contribution in [2.75, 3.05) is 26.2 Å². The minimum Gasteiger partial charge on any atom is -0.353 e. The number of piperazine rings is 1. The van der Waals surface area contributed by atoms with Gasteiger partial charge in [-0.3, -0.25) is 14.5 Å². The van der Waals surface area contributed by atoms with E-state index < -0.39 is 6.04 Å². The fraction of sp³-hybridized carbons (Fsp3) is 0.440. The van der Waals surface area contributed by atoms with Crippen LogP contribution in [0.25, 0.3) is 6.08 Å². The van der Waals surface area contributed by atoms with Gasteiger partial charge in [-0.25, -0.2) is 0 Å². The minimum absolute atomic E-state index is 0.0512. The molecular weight excluding hydrogens is 374 g/mol. The highest BCUT2D eigenvalue weighted by atomic mass is 16.2. The van der Waals surface area contributed by atoms with Gasteiger partial charge in [-0.1, -0.05) is 54.6 Å². The second-order valence-corrected chi connectivity index (χ2v) is 8.18. The highest BCUT2D eigenvalue weighted by Gasteiger charge is 2.43. The Morgan fingerprint density at radius 3 is 2.60 bits per heavy atom. The molecule has 1 aromatic carbocycles. The molecule has 2 aliphatic rings. The van der Waals surface area contributed by atoms with E-state index in [9.17, 15) is 9.59 Å². The summed E-state index contributed by atoms with van der Waals surface area (Å²) in [5.41, 5.74) is 0.895. The number of nitrogens with one attached hydrogen (secondary N) is 1. The molecule has 160 valence electrons. The summed E-state index contributed by atoms with van der Waals surface area (Å²) in [6.45, 7) is 10.5. The maximum atomic E-state index is 13.3. The lowest BCUT2D eigenvalue weighted by atomic mass is 9.87. The second kappa shape index (κ2) is 10.4. The van der Waals surface area contributed by atoms with E-state index >= 15 is 0 Å². The van der Waals surface area contributed by atoms with Gasteiger partial charge in [-0.15, -0.1) is 13.2 Å². The van der Waals surface area contributed by atoms with Crippen molar-refractivity contribution in [3.63, 3.8) is 0 Å². The fourth-order valence-corrected chi connectivity index (χ4v) is 4.74. The lowest BCUT2D eigenvalue weighted by Crippen LogP contribution is -2.57. The monoisotopic (exact) mass is 407 g/mol. The molecule has 5 heteroatoms. The molecule has 0 bridgehead atoms. The van der Waals surface area contributed by atoms with Crippen LogP contribution < -0.4 is 5.32 Å². The van der Waals surface area contributed by atoms with Gasteiger partial charge in [0.2, 0.25) is 11.8 Å². The fourth-order valence-electron chi connectivity index (χ4n) is 4.74. The maximum absolute atomic E-state index is 13.3. The summed E-state index contributed by atoms with van der Waals surface area (Å²) < 4.78 is 0. The third-order valence-corrected chi connectivity index (χ3v) is 6.21. The summed E-state index contributed by atoms with van der Waals surface area (Å²) in [4.78, 5) is 30.0. The van der Waals surface area contributed by atoms with Crippen LogP contribution in [0.5, 0.6) is 0 Å². The summed E-state index contributed by atoms with van der Waals surface area (Å²) >= 11 is 0. The highest BCUT2D eigenvalue weighted by molar-refractivity contribution is 5.89. The van der Waals surface area contributed by atoms with Crippen molar-refractivity contribution in [3.05, 3.63) is 67.3 Å². The molecule has 0 radical (unpaired) electrons. The predicted octanol–water partition coefficient (Wildman–Crippen LogP) is 3.40. The average Bonchev–Trinajstić information content (AvgIpc) is 3.15. The second-order valence-electron chi connectivity index (χ2n) is 8.18. The molecule has 1 aromatic rings. The minimum atomic E-state index is -0.433. The van der Waals surface area contributed by atoms with Crippen molar-refractivity contribution in [1.29, 1.82) is 0 Å². The summed E-state index contributed by atoms with van der Waals surface area (Å²) in [5, 5.41) is 2.93. The van der Waals surface area contributed by atoms with Crippen molar-refractivity contribution in [3.8, 4) is 0 Å². The molecule has 2 amide bonds. The van der Waals surface area contributed by atoms with E-state index in [2.05, 4.69) is 35.5 Å². The summed E-state index contributed by atoms with van der Waals surface area (Å²) in [6.07, 6.45) is 11.6. The third kappa shape index (κ3) is 5.08. The Bertz CT molecular complexity index is 777. The topological polar surface area (TPSA) is 52.7 Å². The van der Waals surface area contributed by atoms with Crippen LogP contribution in [-0.4, -0.2) is 59.4 Å². The van der Waals surface area contributed by atoms with E-state index in [1.54, 1.807) is 0 Å². The lowest BCUT2D eigenvalue weighted by molar-refractivity contribution is -0.141. The molecule has 2 saturated heterocycles. The van der Waals surface area contributed by atoms with Gasteiger partial charge in [0.05, 0.1) is 12.5 Å². The number of likely N-dealkylation sites (tertiary alicyclic amines) is 1. The molecule has 0 saturated carbocycles. The molecule has 0 spiro atoms. The summed E-state index contributed by atoms with van der Waals surface area (Å²) in [7, 11) is 0. The third-order valence-electron chi connectivity index (χ3n) is 6.21. The van der Waals surface area contributed by atoms with Crippen molar-refractivity contribution < 1.29 is 9.59 Å². The Balaban J connectivity index is 1.69. The van der Waals surface area contributed by atoms with Crippen LogP contribution in [0, 0.1) is 0 Å². The Morgan fingerprint density at radius 2 is 1.90 bits per heavy atom. The van der Waals surface area contributed by atoms with E-state index in [4.69, 9.17) is 0 Å². The molecule has 2 fully saturated rings. The van der Waals surface area contributed by atoms with Crippen LogP contribution in [0.2, 0.25) is 0 Å². The number of rotatable bonds is 9. The molecule has 1 unspecified atom stereocenters. The van der Waals surface area contributed by atoms with Gasteiger partial charge in [0, 0.05) is 31.7 Å². The Kier molecular flexibility index (Phi) is 7.63. The molecular formula is C25H33N3O2. The number of amides is 2. The first-order valence-electron chi connectivity index (χ1n) is 10.9. The zero-order valence-corrected chi connectivity index (χ0v) is 17.8. The number of hydrogen-bond acceptors (Lipinski definition) is 3. The maximum Gasteiger partial charge on any atom is 0.237 e. The SMILES string of the molecule is C=CCC1(CC=C)CCCN1C(=O)CC1C(=O)NCCN1C/C=C/c1ccccc1. The molecule has 30 heavy (non-hydrogen) atoms. The zero-order valence-electron chi connectivity index (χ0n) is 17.8. The number of benzene rings is 1. The molecule has 1 atom stereocenters. The first-order valence-corrected chi connectivity index (χ1v) is 10.9. The molecule has 2 heterocycles. The Hall–Kier alpha value is -2.66. The van der Waals surface area contributed by atoms with Gasteiger partial charge in [-0.2, -0.15) is 0 Å². The van der Waals surface area contributed by atoms with Gasteiger partial charge in [0.25, 0.3) is 0 Å². The molecule has 3 rings (SSSR count). The van der Waals surface area contributed by atoms with Crippen molar-refractivity contribution in [1.82, 2.24) is 15.1 Å².